The molecule has 3 rings (SSSR count). The summed E-state index contributed by atoms with van der Waals surface area (Å²) in [5, 5.41) is 1.11. The Morgan fingerprint density at radius 3 is 2.57 bits per heavy atom. The van der Waals surface area contributed by atoms with Crippen LogP contribution in [0.3, 0.4) is 0 Å². The molecule has 2 aromatic carbocycles. The predicted molar refractivity (Wildman–Crippen MR) is 116 cm³/mol. The third-order valence-corrected chi connectivity index (χ3v) is 6.53. The molecule has 1 fully saturated rings. The molecule has 1 aliphatic rings. The Bertz CT molecular complexity index is 991. The second kappa shape index (κ2) is 9.53. The molecule has 0 radical (unpaired) electrons. The van der Waals surface area contributed by atoms with E-state index in [0.29, 0.717) is 13.0 Å². The summed E-state index contributed by atoms with van der Waals surface area (Å²) in [4.78, 5) is 14.6. The number of carbonyl (C=O) groups excluding carboxylic acids is 1. The molecule has 7 heteroatoms. The lowest BCUT2D eigenvalue weighted by Gasteiger charge is -2.36. The minimum atomic E-state index is -3.62. The Morgan fingerprint density at radius 2 is 1.87 bits per heavy atom. The molecule has 0 saturated carbocycles. The van der Waals surface area contributed by atoms with Gasteiger partial charge in [0.2, 0.25) is 15.9 Å². The molecular formula is C23H27FN2O3S. The first kappa shape index (κ1) is 22.2. The quantitative estimate of drug-likeness (QED) is 0.694. The number of carbonyl (C=O) groups is 1. The molecule has 0 spiro atoms. The van der Waals surface area contributed by atoms with Crippen molar-refractivity contribution in [2.45, 2.75) is 38.1 Å². The number of rotatable bonds is 8. The average Bonchev–Trinajstić information content (AvgIpc) is 3.10. The first-order valence-electron chi connectivity index (χ1n) is 10.1. The number of nitrogens with zero attached hydrogens (tertiary/aromatic N) is 1. The number of hydrogen-bond donors (Lipinski definition) is 1. The van der Waals surface area contributed by atoms with Crippen molar-refractivity contribution in [3.05, 3.63) is 76.9 Å². The summed E-state index contributed by atoms with van der Waals surface area (Å²) in [5.74, 6) is -0.358. The van der Waals surface area contributed by atoms with E-state index in [1.165, 1.54) is 18.2 Å². The van der Waals surface area contributed by atoms with Crippen LogP contribution in [0, 0.1) is 5.82 Å². The monoisotopic (exact) mass is 430 g/mol. The van der Waals surface area contributed by atoms with Gasteiger partial charge in [-0.1, -0.05) is 42.5 Å². The number of sulfonamides is 1. The topological polar surface area (TPSA) is 66.5 Å². The largest absolute Gasteiger partial charge is 0.337 e. The van der Waals surface area contributed by atoms with Gasteiger partial charge in [-0.05, 0) is 55.5 Å². The predicted octanol–water partition coefficient (Wildman–Crippen LogP) is 3.73. The lowest BCUT2D eigenvalue weighted by atomic mass is 9.90. The standard InChI is InChI=1S/C23H27FN2O3S/c1-23(18-20-8-10-21(24)11-9-20)14-5-16-26(23)22(27)12-15-25-30(28,29)17-13-19-6-3-2-4-7-19/h2-4,6-11,13,17,25H,5,12,14-16,18H2,1H3/b17-13+. The van der Waals surface area contributed by atoms with Crippen molar-refractivity contribution in [3.63, 3.8) is 0 Å². The maximum atomic E-state index is 13.2. The number of amides is 1. The number of benzene rings is 2. The Morgan fingerprint density at radius 1 is 1.17 bits per heavy atom. The fourth-order valence-electron chi connectivity index (χ4n) is 3.89. The summed E-state index contributed by atoms with van der Waals surface area (Å²) in [6.45, 7) is 2.73. The summed E-state index contributed by atoms with van der Waals surface area (Å²) < 4.78 is 39.9. The van der Waals surface area contributed by atoms with Crippen molar-refractivity contribution < 1.29 is 17.6 Å². The highest BCUT2D eigenvalue weighted by Crippen LogP contribution is 2.33. The number of halogens is 1. The Labute approximate surface area is 177 Å². The molecule has 30 heavy (non-hydrogen) atoms. The van der Waals surface area contributed by atoms with E-state index in [1.54, 1.807) is 12.1 Å². The first-order chi connectivity index (χ1) is 14.3. The van der Waals surface area contributed by atoms with Gasteiger partial charge in [0.1, 0.15) is 5.82 Å². The van der Waals surface area contributed by atoms with Gasteiger partial charge in [-0.3, -0.25) is 4.79 Å². The molecule has 5 nitrogen and oxygen atoms in total. The summed E-state index contributed by atoms with van der Waals surface area (Å²) in [6.07, 6.45) is 4.02. The molecule has 0 aromatic heterocycles. The van der Waals surface area contributed by atoms with Gasteiger partial charge >= 0.3 is 0 Å². The highest BCUT2D eigenvalue weighted by molar-refractivity contribution is 7.92. The molecule has 1 aliphatic heterocycles. The molecular weight excluding hydrogens is 403 g/mol. The molecule has 1 N–H and O–H groups in total. The van der Waals surface area contributed by atoms with E-state index in [1.807, 2.05) is 42.2 Å². The van der Waals surface area contributed by atoms with Crippen molar-refractivity contribution in [2.75, 3.05) is 13.1 Å². The fraction of sp³-hybridized carbons (Fsp3) is 0.348. The molecule has 160 valence electrons. The summed E-state index contributed by atoms with van der Waals surface area (Å²) in [7, 11) is -3.62. The normalized spacial score (nSPS) is 19.5. The molecule has 1 atom stereocenters. The van der Waals surface area contributed by atoms with Crippen LogP contribution in [0.1, 0.15) is 37.3 Å². The highest BCUT2D eigenvalue weighted by atomic mass is 32.2. The second-order valence-corrected chi connectivity index (χ2v) is 9.50. The van der Waals surface area contributed by atoms with Crippen LogP contribution in [0.25, 0.3) is 6.08 Å². The van der Waals surface area contributed by atoms with Gasteiger partial charge in [0.15, 0.2) is 0 Å². The zero-order valence-corrected chi connectivity index (χ0v) is 17.9. The lowest BCUT2D eigenvalue weighted by molar-refractivity contribution is -0.134. The third kappa shape index (κ3) is 6.00. The third-order valence-electron chi connectivity index (χ3n) is 5.43. The smallest absolute Gasteiger partial charge is 0.233 e. The first-order valence-corrected chi connectivity index (χ1v) is 11.6. The van der Waals surface area contributed by atoms with Gasteiger partial charge in [0, 0.05) is 30.5 Å². The lowest BCUT2D eigenvalue weighted by Crippen LogP contribution is -2.47. The maximum absolute atomic E-state index is 13.2. The van der Waals surface area contributed by atoms with E-state index in [-0.39, 0.29) is 30.2 Å². The minimum absolute atomic E-state index is 0.0451. The van der Waals surface area contributed by atoms with Crippen molar-refractivity contribution in [3.8, 4) is 0 Å². The zero-order chi connectivity index (χ0) is 21.6. The van der Waals surface area contributed by atoms with Crippen LogP contribution in [0.4, 0.5) is 4.39 Å². The van der Waals surface area contributed by atoms with Crippen LogP contribution >= 0.6 is 0 Å². The fourth-order valence-corrected chi connectivity index (χ4v) is 4.71. The molecule has 1 unspecified atom stereocenters. The molecule has 2 aromatic rings. The molecule has 1 heterocycles. The van der Waals surface area contributed by atoms with Crippen LogP contribution in [-0.4, -0.2) is 37.9 Å². The van der Waals surface area contributed by atoms with E-state index in [0.717, 1.165) is 29.4 Å². The minimum Gasteiger partial charge on any atom is -0.337 e. The number of hydrogen-bond acceptors (Lipinski definition) is 3. The van der Waals surface area contributed by atoms with E-state index < -0.39 is 10.0 Å². The number of nitrogens with one attached hydrogen (secondary N) is 1. The molecule has 0 aliphatic carbocycles. The van der Waals surface area contributed by atoms with Crippen molar-refractivity contribution in [1.29, 1.82) is 0 Å². The Balaban J connectivity index is 1.54. The second-order valence-electron chi connectivity index (χ2n) is 7.85. The summed E-state index contributed by atoms with van der Waals surface area (Å²) in [6, 6.07) is 15.5. The van der Waals surface area contributed by atoms with Crippen LogP contribution in [0.15, 0.2) is 60.0 Å². The van der Waals surface area contributed by atoms with Gasteiger partial charge in [0.25, 0.3) is 0 Å². The van der Waals surface area contributed by atoms with E-state index in [2.05, 4.69) is 4.72 Å². The van der Waals surface area contributed by atoms with Gasteiger partial charge in [-0.25, -0.2) is 17.5 Å². The average molecular weight is 431 g/mol. The molecule has 1 amide bonds. The molecule has 1 saturated heterocycles. The van der Waals surface area contributed by atoms with Crippen LogP contribution in [0.2, 0.25) is 0 Å². The maximum Gasteiger partial charge on any atom is 0.233 e. The van der Waals surface area contributed by atoms with Gasteiger partial charge in [0.05, 0.1) is 0 Å². The Hall–Kier alpha value is -2.51. The highest BCUT2D eigenvalue weighted by Gasteiger charge is 2.39. The van der Waals surface area contributed by atoms with Crippen molar-refractivity contribution >= 4 is 22.0 Å². The van der Waals surface area contributed by atoms with Crippen LogP contribution in [0.5, 0.6) is 0 Å². The van der Waals surface area contributed by atoms with Gasteiger partial charge < -0.3 is 4.90 Å². The van der Waals surface area contributed by atoms with E-state index in [9.17, 15) is 17.6 Å². The van der Waals surface area contributed by atoms with Gasteiger partial charge in [-0.15, -0.1) is 0 Å². The zero-order valence-electron chi connectivity index (χ0n) is 17.1. The van der Waals surface area contributed by atoms with Gasteiger partial charge in [-0.2, -0.15) is 0 Å². The van der Waals surface area contributed by atoms with E-state index >= 15 is 0 Å². The SMILES string of the molecule is CC1(Cc2ccc(F)cc2)CCCN1C(=O)CCNS(=O)(=O)/C=C/c1ccccc1. The number of likely N-dealkylation sites (tertiary alicyclic amines) is 1. The molecule has 0 bridgehead atoms. The van der Waals surface area contributed by atoms with Crippen LogP contribution < -0.4 is 4.72 Å². The van der Waals surface area contributed by atoms with Crippen molar-refractivity contribution in [1.82, 2.24) is 9.62 Å². The van der Waals surface area contributed by atoms with E-state index in [4.69, 9.17) is 0 Å². The Kier molecular flexibility index (Phi) is 7.05. The van der Waals surface area contributed by atoms with Crippen molar-refractivity contribution in [2.24, 2.45) is 0 Å². The summed E-state index contributed by atoms with van der Waals surface area (Å²) >= 11 is 0. The summed E-state index contributed by atoms with van der Waals surface area (Å²) in [5.41, 5.74) is 1.42. The van der Waals surface area contributed by atoms with Crippen LogP contribution in [-0.2, 0) is 21.2 Å².